The topological polar surface area (TPSA) is 107 Å². The van der Waals surface area contributed by atoms with Gasteiger partial charge in [-0.15, -0.1) is 11.3 Å². The van der Waals surface area contributed by atoms with Gasteiger partial charge in [0.1, 0.15) is 6.61 Å². The first-order chi connectivity index (χ1) is 14.1. The summed E-state index contributed by atoms with van der Waals surface area (Å²) in [6.07, 6.45) is 3.27. The van der Waals surface area contributed by atoms with Gasteiger partial charge >= 0.3 is 0 Å². The zero-order valence-electron chi connectivity index (χ0n) is 15.7. The van der Waals surface area contributed by atoms with Gasteiger partial charge in [0.05, 0.1) is 23.8 Å². The molecule has 9 nitrogen and oxygen atoms in total. The fourth-order valence-electron chi connectivity index (χ4n) is 2.82. The minimum absolute atomic E-state index is 0.154. The predicted octanol–water partition coefficient (Wildman–Crippen LogP) is 1.93. The Kier molecular flexibility index (Phi) is 5.54. The maximum atomic E-state index is 12.7. The lowest BCUT2D eigenvalue weighted by Gasteiger charge is -2.09. The fourth-order valence-corrected chi connectivity index (χ4v) is 3.71. The van der Waals surface area contributed by atoms with Crippen LogP contribution in [-0.2, 0) is 11.8 Å². The smallest absolute Gasteiger partial charge is 0.274 e. The third kappa shape index (κ3) is 4.44. The lowest BCUT2D eigenvalue weighted by molar-refractivity contribution is 0.0859. The number of hydrogen-bond donors (Lipinski definition) is 2. The Labute approximate surface area is 170 Å². The van der Waals surface area contributed by atoms with Crippen LogP contribution in [-0.4, -0.2) is 52.9 Å². The van der Waals surface area contributed by atoms with E-state index in [1.54, 1.807) is 25.5 Å². The molecule has 4 heterocycles. The predicted molar refractivity (Wildman–Crippen MR) is 107 cm³/mol. The first-order valence-corrected chi connectivity index (χ1v) is 9.82. The van der Waals surface area contributed by atoms with Crippen molar-refractivity contribution < 1.29 is 19.1 Å². The number of amides is 2. The second kappa shape index (κ2) is 8.41. The molecule has 29 heavy (non-hydrogen) atoms. The molecule has 3 aromatic heterocycles. The molecule has 2 amide bonds. The maximum Gasteiger partial charge on any atom is 0.274 e. The molecule has 4 rings (SSSR count). The van der Waals surface area contributed by atoms with Crippen molar-refractivity contribution in [1.82, 2.24) is 20.1 Å². The third-order valence-electron chi connectivity index (χ3n) is 4.15. The van der Waals surface area contributed by atoms with Crippen LogP contribution in [0.25, 0.3) is 10.4 Å². The fraction of sp³-hybridized carbons (Fsp3) is 0.263. The molecule has 0 fully saturated rings. The standard InChI is InChI=1S/C19H19N5O4S/c1-24-11-13-17(23-24)19(26)21-6-7-27-8-9-28-16-10-12(4-5-20-16)14-2-3-15(29-14)18(25)22-13/h2-5,10-11H,6-9H2,1H3,(H,21,26)(H,22,25). The van der Waals surface area contributed by atoms with Gasteiger partial charge in [-0.2, -0.15) is 5.10 Å². The van der Waals surface area contributed by atoms with Gasteiger partial charge in [0.2, 0.25) is 5.88 Å². The molecule has 0 aliphatic carbocycles. The molecule has 150 valence electrons. The number of carbonyl (C=O) groups excluding carboxylic acids is 2. The van der Waals surface area contributed by atoms with E-state index >= 15 is 0 Å². The summed E-state index contributed by atoms with van der Waals surface area (Å²) in [5.41, 5.74) is 1.41. The molecule has 0 unspecified atom stereocenters. The number of hydrogen-bond acceptors (Lipinski definition) is 7. The van der Waals surface area contributed by atoms with Crippen LogP contribution in [0.3, 0.4) is 0 Å². The number of carbonyl (C=O) groups is 2. The SMILES string of the molecule is Cn1cc2c(n1)C(=O)NCCOCCOc1cc(ccn1)-c1ccc(s1)C(=O)N2. The molecule has 1 aliphatic heterocycles. The lowest BCUT2D eigenvalue weighted by atomic mass is 10.2. The van der Waals surface area contributed by atoms with Gasteiger partial charge in [0, 0.05) is 36.9 Å². The molecule has 0 saturated carbocycles. The number of anilines is 1. The Balaban J connectivity index is 1.64. The first-order valence-electron chi connectivity index (χ1n) is 9.00. The van der Waals surface area contributed by atoms with Crippen LogP contribution in [0.4, 0.5) is 5.69 Å². The van der Waals surface area contributed by atoms with Gasteiger partial charge in [-0.3, -0.25) is 14.3 Å². The number of aryl methyl sites for hydroxylation is 1. The Bertz CT molecular complexity index is 1040. The molecule has 1 aliphatic rings. The molecular formula is C19H19N5O4S. The molecule has 0 spiro atoms. The quantitative estimate of drug-likeness (QED) is 0.583. The lowest BCUT2D eigenvalue weighted by Crippen LogP contribution is -2.29. The van der Waals surface area contributed by atoms with Crippen LogP contribution in [0, 0.1) is 0 Å². The highest BCUT2D eigenvalue weighted by Crippen LogP contribution is 2.30. The van der Waals surface area contributed by atoms with Gasteiger partial charge in [0.25, 0.3) is 11.8 Å². The van der Waals surface area contributed by atoms with Gasteiger partial charge in [-0.1, -0.05) is 0 Å². The summed E-state index contributed by atoms with van der Waals surface area (Å²) < 4.78 is 12.6. The van der Waals surface area contributed by atoms with Crippen molar-refractivity contribution in [3.63, 3.8) is 0 Å². The summed E-state index contributed by atoms with van der Waals surface area (Å²) in [7, 11) is 1.69. The number of thiophene rings is 1. The molecular weight excluding hydrogens is 394 g/mol. The number of nitrogens with zero attached hydrogens (tertiary/aromatic N) is 3. The molecule has 10 heteroatoms. The largest absolute Gasteiger partial charge is 0.475 e. The van der Waals surface area contributed by atoms with E-state index in [1.165, 1.54) is 16.0 Å². The zero-order chi connectivity index (χ0) is 20.2. The first kappa shape index (κ1) is 19.1. The van der Waals surface area contributed by atoms with Crippen LogP contribution in [0.5, 0.6) is 5.88 Å². The van der Waals surface area contributed by atoms with Gasteiger partial charge in [-0.05, 0) is 23.8 Å². The van der Waals surface area contributed by atoms with E-state index in [4.69, 9.17) is 9.47 Å². The summed E-state index contributed by atoms with van der Waals surface area (Å²) in [6.45, 7) is 1.35. The van der Waals surface area contributed by atoms with Crippen molar-refractivity contribution in [3.8, 4) is 16.3 Å². The van der Waals surface area contributed by atoms with E-state index in [1.807, 2.05) is 18.2 Å². The number of rotatable bonds is 0. The molecule has 0 aromatic carbocycles. The third-order valence-corrected chi connectivity index (χ3v) is 5.28. The van der Waals surface area contributed by atoms with Gasteiger partial charge in [-0.25, -0.2) is 4.98 Å². The second-order valence-corrected chi connectivity index (χ2v) is 7.37. The van der Waals surface area contributed by atoms with E-state index in [0.29, 0.717) is 42.8 Å². The summed E-state index contributed by atoms with van der Waals surface area (Å²) in [5.74, 6) is -0.203. The van der Waals surface area contributed by atoms with Crippen molar-refractivity contribution in [3.05, 3.63) is 47.2 Å². The molecule has 0 atom stereocenters. The summed E-state index contributed by atoms with van der Waals surface area (Å²) in [4.78, 5) is 30.8. The number of pyridine rings is 1. The highest BCUT2D eigenvalue weighted by Gasteiger charge is 2.19. The molecule has 3 aromatic rings. The molecule has 0 radical (unpaired) electrons. The monoisotopic (exact) mass is 413 g/mol. The Hall–Kier alpha value is -3.24. The normalized spacial score (nSPS) is 15.3. The van der Waals surface area contributed by atoms with E-state index in [2.05, 4.69) is 20.7 Å². The number of ether oxygens (including phenoxy) is 2. The summed E-state index contributed by atoms with van der Waals surface area (Å²) in [6, 6.07) is 7.30. The summed E-state index contributed by atoms with van der Waals surface area (Å²) >= 11 is 1.34. The van der Waals surface area contributed by atoms with Crippen LogP contribution >= 0.6 is 11.3 Å². The van der Waals surface area contributed by atoms with E-state index in [9.17, 15) is 9.59 Å². The van der Waals surface area contributed by atoms with E-state index in [0.717, 1.165) is 10.4 Å². The van der Waals surface area contributed by atoms with Gasteiger partial charge < -0.3 is 20.1 Å². The van der Waals surface area contributed by atoms with Crippen molar-refractivity contribution in [2.45, 2.75) is 0 Å². The number of fused-ring (bicyclic) bond motifs is 6. The molecule has 4 bridgehead atoms. The van der Waals surface area contributed by atoms with E-state index < -0.39 is 0 Å². The second-order valence-electron chi connectivity index (χ2n) is 6.28. The number of nitrogens with one attached hydrogen (secondary N) is 2. The number of aromatic nitrogens is 3. The average Bonchev–Trinajstić information content (AvgIpc) is 3.34. The van der Waals surface area contributed by atoms with Crippen molar-refractivity contribution in [2.75, 3.05) is 31.7 Å². The van der Waals surface area contributed by atoms with Gasteiger partial charge in [0.15, 0.2) is 5.69 Å². The van der Waals surface area contributed by atoms with E-state index in [-0.39, 0.29) is 17.5 Å². The molecule has 0 saturated heterocycles. The Morgan fingerprint density at radius 1 is 1.10 bits per heavy atom. The van der Waals surface area contributed by atoms with Crippen LogP contribution in [0.15, 0.2) is 36.7 Å². The van der Waals surface area contributed by atoms with Crippen LogP contribution in [0.1, 0.15) is 20.2 Å². The van der Waals surface area contributed by atoms with Crippen molar-refractivity contribution in [1.29, 1.82) is 0 Å². The maximum absolute atomic E-state index is 12.7. The Morgan fingerprint density at radius 2 is 1.97 bits per heavy atom. The zero-order valence-corrected chi connectivity index (χ0v) is 16.5. The van der Waals surface area contributed by atoms with Crippen molar-refractivity contribution >= 4 is 28.8 Å². The highest BCUT2D eigenvalue weighted by atomic mass is 32.1. The minimum Gasteiger partial charge on any atom is -0.475 e. The average molecular weight is 413 g/mol. The highest BCUT2D eigenvalue weighted by molar-refractivity contribution is 7.17. The minimum atomic E-state index is -0.382. The van der Waals surface area contributed by atoms with Crippen LogP contribution in [0.2, 0.25) is 0 Å². The summed E-state index contributed by atoms with van der Waals surface area (Å²) in [5, 5.41) is 9.67. The van der Waals surface area contributed by atoms with Crippen molar-refractivity contribution in [2.24, 2.45) is 7.05 Å². The Morgan fingerprint density at radius 3 is 2.86 bits per heavy atom. The van der Waals surface area contributed by atoms with Crippen LogP contribution < -0.4 is 15.4 Å². The molecule has 2 N–H and O–H groups in total.